The fraction of sp³-hybridized carbons (Fsp3) is 0.377. The number of nitrogens with one attached hydrogen (secondary N) is 1. The van der Waals surface area contributed by atoms with Gasteiger partial charge in [0.2, 0.25) is 6.20 Å². The number of aliphatic hydroxyl groups excluding tert-OH is 6. The van der Waals surface area contributed by atoms with Gasteiger partial charge in [0.25, 0.3) is 0 Å². The van der Waals surface area contributed by atoms with Crippen molar-refractivity contribution in [2.75, 3.05) is 78.8 Å². The molecule has 4 aliphatic heterocycles. The summed E-state index contributed by atoms with van der Waals surface area (Å²) < 4.78 is 92.5. The van der Waals surface area contributed by atoms with Crippen molar-refractivity contribution in [3.05, 3.63) is 256 Å². The van der Waals surface area contributed by atoms with Crippen LogP contribution in [0.1, 0.15) is 59.1 Å². The molecule has 4 aliphatic rings. The van der Waals surface area contributed by atoms with Crippen molar-refractivity contribution in [1.82, 2.24) is 30.0 Å². The number of halogens is 11. The van der Waals surface area contributed by atoms with Crippen molar-refractivity contribution < 1.29 is 82.9 Å². The Morgan fingerprint density at radius 1 is 0.484 bits per heavy atom. The number of nitrogens with zero attached hydrogens (tertiary/aromatic N) is 6. The Kier molecular flexibility index (Phi) is 45.6. The van der Waals surface area contributed by atoms with E-state index in [0.717, 1.165) is 70.4 Å². The van der Waals surface area contributed by atoms with Crippen molar-refractivity contribution in [2.45, 2.75) is 77.4 Å². The van der Waals surface area contributed by atoms with Crippen molar-refractivity contribution in [3.63, 3.8) is 0 Å². The molecule has 7 heterocycles. The Labute approximate surface area is 571 Å². The van der Waals surface area contributed by atoms with Crippen molar-refractivity contribution in [3.8, 4) is 0 Å². The van der Waals surface area contributed by atoms with Crippen LogP contribution in [0.3, 0.4) is 0 Å². The fourth-order valence-electron chi connectivity index (χ4n) is 9.63. The molecule has 512 valence electrons. The lowest BCUT2D eigenvalue weighted by Gasteiger charge is -2.33. The van der Waals surface area contributed by atoms with E-state index in [9.17, 15) is 30.7 Å². The maximum atomic E-state index is 13.6. The zero-order valence-corrected chi connectivity index (χ0v) is 55.8. The highest BCUT2D eigenvalue weighted by Gasteiger charge is 2.28. The van der Waals surface area contributed by atoms with Gasteiger partial charge in [0.05, 0.1) is 51.9 Å². The number of hydrogen-bond donors (Lipinski definition) is 7. The summed E-state index contributed by atoms with van der Waals surface area (Å²) in [6, 6.07) is 46.0. The van der Waals surface area contributed by atoms with E-state index in [1.54, 1.807) is 22.9 Å². The smallest absolute Gasteiger partial charge is 0.205 e. The van der Waals surface area contributed by atoms with Gasteiger partial charge in [0.1, 0.15) is 35.6 Å². The number of hydrogen-bond acceptors (Lipinski definition) is 12. The monoisotopic (exact) mass is 1430 g/mol. The molecule has 4 atom stereocenters. The third-order valence-corrected chi connectivity index (χ3v) is 14.9. The number of pyridine rings is 3. The first-order chi connectivity index (χ1) is 43.2. The van der Waals surface area contributed by atoms with Gasteiger partial charge in [-0.05, 0) is 84.8 Å². The number of alkyl halides is 2. The molecule has 7 N–H and O–H groups in total. The molecule has 0 amide bonds. The van der Waals surface area contributed by atoms with E-state index in [1.807, 2.05) is 109 Å². The summed E-state index contributed by atoms with van der Waals surface area (Å²) in [6.07, 6.45) is 9.43. The van der Waals surface area contributed by atoms with Crippen LogP contribution in [0.5, 0.6) is 0 Å². The van der Waals surface area contributed by atoms with Crippen molar-refractivity contribution in [1.29, 1.82) is 0 Å². The quantitative estimate of drug-likeness (QED) is 0.0417. The van der Waals surface area contributed by atoms with Gasteiger partial charge in [-0.15, -0.1) is 37.2 Å². The number of benzene rings is 4. The molecule has 0 radical (unpaired) electrons. The van der Waals surface area contributed by atoms with Gasteiger partial charge in [0.15, 0.2) is 18.6 Å². The summed E-state index contributed by atoms with van der Waals surface area (Å²) in [6.45, 7) is 6.96. The zero-order chi connectivity index (χ0) is 64.0. The van der Waals surface area contributed by atoms with E-state index in [2.05, 4.69) is 42.1 Å². The van der Waals surface area contributed by atoms with Crippen LogP contribution < -0.4 is 26.9 Å². The highest BCUT2D eigenvalue weighted by Crippen LogP contribution is 2.23. The molecule has 3 aromatic heterocycles. The normalized spacial score (nSPS) is 17.7. The third kappa shape index (κ3) is 33.0. The molecule has 2 saturated heterocycles. The number of rotatable bonds is 14. The van der Waals surface area contributed by atoms with Crippen LogP contribution in [-0.2, 0) is 39.4 Å². The topological polar surface area (TPSA) is 173 Å². The molecule has 2 fully saturated rings. The molecule has 0 saturated carbocycles. The predicted molar refractivity (Wildman–Crippen MR) is 352 cm³/mol. The molecule has 24 heteroatoms. The third-order valence-electron chi connectivity index (χ3n) is 14.9. The highest BCUT2D eigenvalue weighted by molar-refractivity contribution is 5.86. The number of aliphatic hydroxyl groups is 6. The Balaban J connectivity index is 0.000000548. The first-order valence-corrected chi connectivity index (χ1v) is 29.8. The zero-order valence-electron chi connectivity index (χ0n) is 51.8. The van der Waals surface area contributed by atoms with Crippen molar-refractivity contribution >= 4 is 37.2 Å². The number of piperidine rings is 2. The highest BCUT2D eigenvalue weighted by atomic mass is 79.9. The largest absolute Gasteiger partial charge is 1.00 e. The summed E-state index contributed by atoms with van der Waals surface area (Å²) in [5.41, 5.74) is 6.45. The molecule has 13 nitrogen and oxygen atoms in total. The average Bonchev–Trinajstić information content (AvgIpc) is 2.62. The minimum atomic E-state index is -0.887. The van der Waals surface area contributed by atoms with Crippen molar-refractivity contribution in [2.24, 2.45) is 11.8 Å². The minimum Gasteiger partial charge on any atom is -1.00 e. The lowest BCUT2D eigenvalue weighted by atomic mass is 9.95. The maximum absolute atomic E-state index is 13.6. The van der Waals surface area contributed by atoms with E-state index in [1.165, 1.54) is 53.6 Å². The Bertz CT molecular complexity index is 3030. The van der Waals surface area contributed by atoms with E-state index in [0.29, 0.717) is 62.3 Å². The first-order valence-electron chi connectivity index (χ1n) is 29.8. The van der Waals surface area contributed by atoms with Gasteiger partial charge in [-0.1, -0.05) is 121 Å². The fourth-order valence-corrected chi connectivity index (χ4v) is 9.63. The van der Waals surface area contributed by atoms with Gasteiger partial charge in [-0.3, -0.25) is 24.7 Å². The molecule has 11 rings (SSSR count). The molecule has 0 unspecified atom stereocenters. The second-order valence-corrected chi connectivity index (χ2v) is 21.6. The van der Waals surface area contributed by atoms with E-state index in [-0.39, 0.29) is 135 Å². The number of likely N-dealkylation sites (tertiary alicyclic amines) is 1. The van der Waals surface area contributed by atoms with Crippen LogP contribution in [0.25, 0.3) is 0 Å². The van der Waals surface area contributed by atoms with E-state index >= 15 is 0 Å². The molecule has 7 aromatic rings. The Morgan fingerprint density at radius 3 is 1.31 bits per heavy atom. The second-order valence-electron chi connectivity index (χ2n) is 21.6. The van der Waals surface area contributed by atoms with E-state index in [4.69, 9.17) is 30.6 Å². The summed E-state index contributed by atoms with van der Waals surface area (Å²) in [5.74, 6) is -1.73. The lowest BCUT2D eigenvalue weighted by molar-refractivity contribution is -0.689. The van der Waals surface area contributed by atoms with Gasteiger partial charge in [0, 0.05) is 106 Å². The SMILES string of the molecule is Cl.Cl.Cl.Fc1cccnc1.OCC1=C(F)CN(Cc2ccccc2)CC1.OCC1=C(F)CN(Cc2ccccc2)CC1.OC[C@H]1CCN(Cc2ccccc2)C[C@H]1F.OC[C@H]1CCNC[C@H]1F.OCc1cc[n+](Cc2ccccc2)cc1F.OCc1ccncc1F.[Br-]. The van der Waals surface area contributed by atoms with Crippen LogP contribution >= 0.6 is 37.2 Å². The average molecular weight is 1430 g/mol. The lowest BCUT2D eigenvalue weighted by Crippen LogP contribution is -3.00. The Hall–Kier alpha value is -5.73. The van der Waals surface area contributed by atoms with Gasteiger partial charge in [-0.2, -0.15) is 8.96 Å². The summed E-state index contributed by atoms with van der Waals surface area (Å²) >= 11 is 0. The van der Waals surface area contributed by atoms with Crippen LogP contribution in [0.2, 0.25) is 0 Å². The maximum Gasteiger partial charge on any atom is 0.205 e. The van der Waals surface area contributed by atoms with Gasteiger partial charge < -0.3 is 52.9 Å². The molecular formula is C69H88BrCl3F7N7O6. The number of aromatic nitrogens is 3. The molecule has 0 bridgehead atoms. The molecule has 0 spiro atoms. The van der Waals surface area contributed by atoms with E-state index < -0.39 is 18.2 Å². The molecule has 93 heavy (non-hydrogen) atoms. The molecular weight excluding hydrogens is 1340 g/mol. The molecule has 0 aliphatic carbocycles. The Morgan fingerprint density at radius 2 is 0.946 bits per heavy atom. The van der Waals surface area contributed by atoms with Gasteiger partial charge in [-0.25, -0.2) is 26.3 Å². The predicted octanol–water partition coefficient (Wildman–Crippen LogP) is 7.84. The summed E-state index contributed by atoms with van der Waals surface area (Å²) in [5, 5.41) is 55.6. The van der Waals surface area contributed by atoms with Crippen LogP contribution in [-0.4, -0.2) is 146 Å². The second kappa shape index (κ2) is 49.8. The first kappa shape index (κ1) is 85.3. The summed E-state index contributed by atoms with van der Waals surface area (Å²) in [7, 11) is 0. The summed E-state index contributed by atoms with van der Waals surface area (Å²) in [4.78, 5) is 13.3. The standard InChI is InChI=1S/C13H18FNO.2C13H16FNO.C13H13FNO.C6H12FNO.C6H6FNO.C5H4FN.BrH.3ClH/c4*14-13-9-15(7-6-12(13)10-16)8-11-4-2-1-3-5-11;2*7-6-3-8-2-1-5(6)4-9;6-5-2-1-3-7-4-5;;;;/h1-5,12-13,16H,6-10H2;2*1-5,16H,6-10H2;1-7,9,16H,8,10H2;5-6,8-9H,1-4H2;1-3,9H,4H2;1-4H;4*1H/q;;;+1;;;;;;;/p-1/t12-,13-;;;;5-,6-;;;;;;/m1...1....../s1. The minimum absolute atomic E-state index is 0. The van der Waals surface area contributed by atoms with Crippen LogP contribution in [0, 0.1) is 29.3 Å². The van der Waals surface area contributed by atoms with Crippen LogP contribution in [0.4, 0.5) is 30.7 Å². The van der Waals surface area contributed by atoms with Gasteiger partial charge >= 0.3 is 0 Å². The molecule has 4 aromatic carbocycles. The van der Waals surface area contributed by atoms with Crippen LogP contribution in [0.15, 0.2) is 206 Å².